The zero-order valence-corrected chi connectivity index (χ0v) is 13.4. The first-order valence-corrected chi connectivity index (χ1v) is 7.06. The third-order valence-electron chi connectivity index (χ3n) is 3.28. The van der Waals surface area contributed by atoms with E-state index in [2.05, 4.69) is 10.6 Å². The van der Waals surface area contributed by atoms with Crippen molar-refractivity contribution in [3.8, 4) is 17.2 Å². The summed E-state index contributed by atoms with van der Waals surface area (Å²) in [6, 6.07) is 12.3. The van der Waals surface area contributed by atoms with Gasteiger partial charge in [-0.25, -0.2) is 4.79 Å². The molecule has 0 aliphatic rings. The van der Waals surface area contributed by atoms with Gasteiger partial charge in [-0.15, -0.1) is 0 Å². The number of hydrogen-bond acceptors (Lipinski definition) is 4. The average Bonchev–Trinajstić information content (AvgIpc) is 2.60. The molecular weight excluding hydrogens is 296 g/mol. The zero-order valence-electron chi connectivity index (χ0n) is 13.4. The molecule has 0 fully saturated rings. The molecule has 122 valence electrons. The second-order valence-corrected chi connectivity index (χ2v) is 4.71. The van der Waals surface area contributed by atoms with E-state index < -0.39 is 0 Å². The van der Waals surface area contributed by atoms with Crippen molar-refractivity contribution in [2.24, 2.45) is 0 Å². The van der Waals surface area contributed by atoms with E-state index in [1.165, 1.54) is 0 Å². The first kappa shape index (κ1) is 16.5. The van der Waals surface area contributed by atoms with Crippen LogP contribution in [0.5, 0.6) is 17.2 Å². The normalized spacial score (nSPS) is 9.87. The molecule has 23 heavy (non-hydrogen) atoms. The minimum Gasteiger partial charge on any atom is -0.497 e. The number of nitrogens with one attached hydrogen (secondary N) is 2. The van der Waals surface area contributed by atoms with Crippen molar-refractivity contribution >= 4 is 11.7 Å². The van der Waals surface area contributed by atoms with Gasteiger partial charge in [0.25, 0.3) is 0 Å². The average molecular weight is 316 g/mol. The fourth-order valence-electron chi connectivity index (χ4n) is 2.02. The molecule has 0 aliphatic carbocycles. The Balaban J connectivity index is 1.93. The molecule has 0 heterocycles. The second kappa shape index (κ2) is 7.93. The van der Waals surface area contributed by atoms with Gasteiger partial charge in [0.2, 0.25) is 0 Å². The van der Waals surface area contributed by atoms with E-state index in [1.54, 1.807) is 51.7 Å². The molecule has 2 N–H and O–H groups in total. The topological polar surface area (TPSA) is 68.8 Å². The number of ether oxygens (including phenoxy) is 3. The van der Waals surface area contributed by atoms with Gasteiger partial charge < -0.3 is 24.8 Å². The minimum absolute atomic E-state index is 0.298. The van der Waals surface area contributed by atoms with Gasteiger partial charge in [-0.2, -0.15) is 0 Å². The van der Waals surface area contributed by atoms with Gasteiger partial charge in [0.05, 0.1) is 21.3 Å². The lowest BCUT2D eigenvalue weighted by molar-refractivity contribution is 0.251. The zero-order chi connectivity index (χ0) is 16.7. The molecule has 0 radical (unpaired) electrons. The third-order valence-corrected chi connectivity index (χ3v) is 3.28. The van der Waals surface area contributed by atoms with Crippen LogP contribution in [0.25, 0.3) is 0 Å². The van der Waals surface area contributed by atoms with E-state index >= 15 is 0 Å². The summed E-state index contributed by atoms with van der Waals surface area (Å²) in [5.74, 6) is 2.10. The number of methoxy groups -OCH3 is 3. The van der Waals surface area contributed by atoms with E-state index in [9.17, 15) is 4.79 Å². The fraction of sp³-hybridized carbons (Fsp3) is 0.235. The highest BCUT2D eigenvalue weighted by molar-refractivity contribution is 5.89. The molecule has 0 aliphatic heterocycles. The Labute approximate surface area is 135 Å². The van der Waals surface area contributed by atoms with Crippen LogP contribution in [0.2, 0.25) is 0 Å². The molecule has 0 bridgehead atoms. The van der Waals surface area contributed by atoms with Crippen LogP contribution in [-0.2, 0) is 6.54 Å². The molecular formula is C17H20N2O4. The number of hydrogen-bond donors (Lipinski definition) is 2. The molecule has 2 amide bonds. The number of rotatable bonds is 6. The molecule has 0 spiro atoms. The quantitative estimate of drug-likeness (QED) is 0.859. The van der Waals surface area contributed by atoms with Gasteiger partial charge in [-0.1, -0.05) is 0 Å². The molecule has 2 aromatic carbocycles. The van der Waals surface area contributed by atoms with Crippen molar-refractivity contribution in [2.75, 3.05) is 26.6 Å². The largest absolute Gasteiger partial charge is 0.497 e. The number of urea groups is 1. The Hall–Kier alpha value is -2.89. The monoisotopic (exact) mass is 316 g/mol. The highest BCUT2D eigenvalue weighted by atomic mass is 16.5. The lowest BCUT2D eigenvalue weighted by Crippen LogP contribution is -2.28. The number of carbonyl (C=O) groups excluding carboxylic acids is 1. The number of amides is 2. The number of carbonyl (C=O) groups is 1. The van der Waals surface area contributed by atoms with Crippen LogP contribution in [-0.4, -0.2) is 27.4 Å². The van der Waals surface area contributed by atoms with Crippen molar-refractivity contribution in [3.05, 3.63) is 48.0 Å². The maximum Gasteiger partial charge on any atom is 0.319 e. The first-order chi connectivity index (χ1) is 11.2. The summed E-state index contributed by atoms with van der Waals surface area (Å²) in [6.07, 6.45) is 0. The van der Waals surface area contributed by atoms with Crippen LogP contribution in [0.15, 0.2) is 42.5 Å². The fourth-order valence-corrected chi connectivity index (χ4v) is 2.02. The predicted octanol–water partition coefficient (Wildman–Crippen LogP) is 3.03. The Kier molecular flexibility index (Phi) is 5.68. The molecule has 0 saturated carbocycles. The van der Waals surface area contributed by atoms with Crippen LogP contribution < -0.4 is 24.8 Å². The van der Waals surface area contributed by atoms with Crippen molar-refractivity contribution in [3.63, 3.8) is 0 Å². The molecule has 0 atom stereocenters. The van der Waals surface area contributed by atoms with E-state index in [-0.39, 0.29) is 6.03 Å². The van der Waals surface area contributed by atoms with Crippen LogP contribution in [0, 0.1) is 0 Å². The van der Waals surface area contributed by atoms with Crippen LogP contribution in [0.4, 0.5) is 10.5 Å². The van der Waals surface area contributed by atoms with Gasteiger partial charge in [-0.3, -0.25) is 0 Å². The molecule has 6 heteroatoms. The smallest absolute Gasteiger partial charge is 0.319 e. The van der Waals surface area contributed by atoms with Crippen LogP contribution in [0.1, 0.15) is 5.56 Å². The standard InChI is InChI=1S/C17H20N2O4/c1-21-14-8-5-13(6-9-14)19-17(20)18-11-12-4-7-15(22-2)10-16(12)23-3/h4-10H,11H2,1-3H3,(H2,18,19,20). The maximum atomic E-state index is 11.9. The Morgan fingerprint density at radius 1 is 0.913 bits per heavy atom. The maximum absolute atomic E-state index is 11.9. The second-order valence-electron chi connectivity index (χ2n) is 4.71. The summed E-state index contributed by atoms with van der Waals surface area (Å²) >= 11 is 0. The Morgan fingerprint density at radius 3 is 2.17 bits per heavy atom. The third kappa shape index (κ3) is 4.54. The molecule has 2 rings (SSSR count). The molecule has 0 saturated heterocycles. The van der Waals surface area contributed by atoms with E-state index in [0.29, 0.717) is 23.7 Å². The van der Waals surface area contributed by atoms with Gasteiger partial charge in [-0.05, 0) is 36.4 Å². The van der Waals surface area contributed by atoms with E-state index in [0.717, 1.165) is 11.3 Å². The minimum atomic E-state index is -0.298. The SMILES string of the molecule is COc1ccc(NC(=O)NCc2ccc(OC)cc2OC)cc1. The first-order valence-electron chi connectivity index (χ1n) is 7.06. The van der Waals surface area contributed by atoms with Crippen LogP contribution >= 0.6 is 0 Å². The Bertz CT molecular complexity index is 656. The predicted molar refractivity (Wildman–Crippen MR) is 88.4 cm³/mol. The number of anilines is 1. The molecule has 0 unspecified atom stereocenters. The summed E-state index contributed by atoms with van der Waals surface area (Å²) in [6.45, 7) is 0.342. The van der Waals surface area contributed by atoms with Gasteiger partial charge >= 0.3 is 6.03 Å². The van der Waals surface area contributed by atoms with Crippen molar-refractivity contribution in [1.82, 2.24) is 5.32 Å². The molecule has 2 aromatic rings. The van der Waals surface area contributed by atoms with Crippen molar-refractivity contribution in [1.29, 1.82) is 0 Å². The molecule has 6 nitrogen and oxygen atoms in total. The summed E-state index contributed by atoms with van der Waals surface area (Å²) in [5, 5.41) is 5.54. The highest BCUT2D eigenvalue weighted by Gasteiger charge is 2.07. The van der Waals surface area contributed by atoms with E-state index in [1.807, 2.05) is 12.1 Å². The Morgan fingerprint density at radius 2 is 1.57 bits per heavy atom. The summed E-state index contributed by atoms with van der Waals surface area (Å²) in [7, 11) is 4.77. The summed E-state index contributed by atoms with van der Waals surface area (Å²) < 4.78 is 15.5. The highest BCUT2D eigenvalue weighted by Crippen LogP contribution is 2.24. The lowest BCUT2D eigenvalue weighted by Gasteiger charge is -2.12. The van der Waals surface area contributed by atoms with Crippen molar-refractivity contribution in [2.45, 2.75) is 6.54 Å². The number of benzene rings is 2. The van der Waals surface area contributed by atoms with Gasteiger partial charge in [0.1, 0.15) is 17.2 Å². The van der Waals surface area contributed by atoms with E-state index in [4.69, 9.17) is 14.2 Å². The van der Waals surface area contributed by atoms with Gasteiger partial charge in [0, 0.05) is 23.9 Å². The van der Waals surface area contributed by atoms with Gasteiger partial charge in [0.15, 0.2) is 0 Å². The van der Waals surface area contributed by atoms with Crippen molar-refractivity contribution < 1.29 is 19.0 Å². The summed E-state index contributed by atoms with van der Waals surface area (Å²) in [4.78, 5) is 11.9. The van der Waals surface area contributed by atoms with Crippen LogP contribution in [0.3, 0.4) is 0 Å². The summed E-state index contributed by atoms with van der Waals surface area (Å²) in [5.41, 5.74) is 1.54. The molecule has 0 aromatic heterocycles. The lowest BCUT2D eigenvalue weighted by atomic mass is 10.2.